The SMILES string of the molecule is Cc1ccc(NC(=O)c2nc(C)cs2)c(C)c1. The molecule has 0 saturated heterocycles. The van der Waals surface area contributed by atoms with Crippen molar-refractivity contribution in [3.8, 4) is 0 Å². The van der Waals surface area contributed by atoms with Crippen LogP contribution in [-0.4, -0.2) is 10.9 Å². The number of carbonyl (C=O) groups is 1. The average Bonchev–Trinajstić information content (AvgIpc) is 2.69. The minimum absolute atomic E-state index is 0.143. The lowest BCUT2D eigenvalue weighted by Gasteiger charge is -2.07. The van der Waals surface area contributed by atoms with E-state index in [9.17, 15) is 4.79 Å². The van der Waals surface area contributed by atoms with Gasteiger partial charge in [-0.1, -0.05) is 17.7 Å². The largest absolute Gasteiger partial charge is 0.320 e. The normalized spacial score (nSPS) is 10.3. The zero-order valence-electron chi connectivity index (χ0n) is 10.1. The molecule has 17 heavy (non-hydrogen) atoms. The summed E-state index contributed by atoms with van der Waals surface area (Å²) < 4.78 is 0. The molecule has 0 atom stereocenters. The van der Waals surface area contributed by atoms with Crippen molar-refractivity contribution < 1.29 is 4.79 Å². The van der Waals surface area contributed by atoms with Gasteiger partial charge in [0.05, 0.1) is 0 Å². The lowest BCUT2D eigenvalue weighted by Crippen LogP contribution is -2.12. The van der Waals surface area contributed by atoms with Crippen molar-refractivity contribution in [2.75, 3.05) is 5.32 Å². The molecule has 1 N–H and O–H groups in total. The van der Waals surface area contributed by atoms with Crippen molar-refractivity contribution in [3.63, 3.8) is 0 Å². The summed E-state index contributed by atoms with van der Waals surface area (Å²) in [4.78, 5) is 16.1. The first-order valence-corrected chi connectivity index (χ1v) is 6.25. The smallest absolute Gasteiger partial charge is 0.284 e. The van der Waals surface area contributed by atoms with Gasteiger partial charge in [-0.2, -0.15) is 0 Å². The third-order valence-corrected chi connectivity index (χ3v) is 3.40. The monoisotopic (exact) mass is 246 g/mol. The Morgan fingerprint density at radius 3 is 2.65 bits per heavy atom. The fraction of sp³-hybridized carbons (Fsp3) is 0.231. The number of rotatable bonds is 2. The molecule has 0 radical (unpaired) electrons. The topological polar surface area (TPSA) is 42.0 Å². The Kier molecular flexibility index (Phi) is 3.24. The van der Waals surface area contributed by atoms with Gasteiger partial charge < -0.3 is 5.32 Å². The number of carbonyl (C=O) groups excluding carboxylic acids is 1. The van der Waals surface area contributed by atoms with Gasteiger partial charge in [0.15, 0.2) is 5.01 Å². The molecule has 0 aliphatic carbocycles. The number of aryl methyl sites for hydroxylation is 3. The molecular formula is C13H14N2OS. The number of hydrogen-bond acceptors (Lipinski definition) is 3. The standard InChI is InChI=1S/C13H14N2OS/c1-8-4-5-11(9(2)6-8)15-12(16)13-14-10(3)7-17-13/h4-7H,1-3H3,(H,15,16). The number of nitrogens with zero attached hydrogens (tertiary/aromatic N) is 1. The highest BCUT2D eigenvalue weighted by atomic mass is 32.1. The molecule has 2 aromatic rings. The van der Waals surface area contributed by atoms with Crippen LogP contribution in [0.25, 0.3) is 0 Å². The van der Waals surface area contributed by atoms with Gasteiger partial charge in [0, 0.05) is 16.8 Å². The van der Waals surface area contributed by atoms with E-state index in [0.29, 0.717) is 5.01 Å². The average molecular weight is 246 g/mol. The maximum absolute atomic E-state index is 11.9. The summed E-state index contributed by atoms with van der Waals surface area (Å²) in [6.07, 6.45) is 0. The zero-order valence-corrected chi connectivity index (χ0v) is 10.9. The molecule has 4 heteroatoms. The maximum atomic E-state index is 11.9. The number of amides is 1. The van der Waals surface area contributed by atoms with E-state index >= 15 is 0 Å². The minimum Gasteiger partial charge on any atom is -0.320 e. The first-order chi connectivity index (χ1) is 8.06. The van der Waals surface area contributed by atoms with E-state index in [1.807, 2.05) is 44.4 Å². The Bertz CT molecular complexity index is 560. The molecule has 1 heterocycles. The second kappa shape index (κ2) is 4.67. The number of hydrogen-bond donors (Lipinski definition) is 1. The number of anilines is 1. The van der Waals surface area contributed by atoms with Crippen molar-refractivity contribution in [3.05, 3.63) is 45.4 Å². The number of aromatic nitrogens is 1. The molecule has 0 fully saturated rings. The summed E-state index contributed by atoms with van der Waals surface area (Å²) in [6.45, 7) is 5.89. The first-order valence-electron chi connectivity index (χ1n) is 5.37. The number of benzene rings is 1. The molecule has 0 bridgehead atoms. The molecule has 3 nitrogen and oxygen atoms in total. The van der Waals surface area contributed by atoms with Crippen LogP contribution in [-0.2, 0) is 0 Å². The van der Waals surface area contributed by atoms with E-state index in [1.54, 1.807) is 0 Å². The van der Waals surface area contributed by atoms with Crippen molar-refractivity contribution >= 4 is 22.9 Å². The summed E-state index contributed by atoms with van der Waals surface area (Å²) >= 11 is 1.36. The molecule has 0 aliphatic heterocycles. The summed E-state index contributed by atoms with van der Waals surface area (Å²) in [7, 11) is 0. The van der Waals surface area contributed by atoms with Gasteiger partial charge in [0.1, 0.15) is 0 Å². The predicted molar refractivity (Wildman–Crippen MR) is 70.7 cm³/mol. The molecular weight excluding hydrogens is 232 g/mol. The maximum Gasteiger partial charge on any atom is 0.284 e. The third-order valence-electron chi connectivity index (χ3n) is 2.44. The van der Waals surface area contributed by atoms with Crippen LogP contribution in [0.15, 0.2) is 23.6 Å². The van der Waals surface area contributed by atoms with Gasteiger partial charge in [-0.15, -0.1) is 11.3 Å². The molecule has 0 aliphatic rings. The van der Waals surface area contributed by atoms with Gasteiger partial charge >= 0.3 is 0 Å². The summed E-state index contributed by atoms with van der Waals surface area (Å²) in [5, 5.41) is 5.25. The second-order valence-corrected chi connectivity index (χ2v) is 4.92. The van der Waals surface area contributed by atoms with Crippen LogP contribution in [0, 0.1) is 20.8 Å². The van der Waals surface area contributed by atoms with Gasteiger partial charge in [-0.3, -0.25) is 4.79 Å². The molecule has 1 aromatic carbocycles. The van der Waals surface area contributed by atoms with Crippen molar-refractivity contribution in [2.24, 2.45) is 0 Å². The highest BCUT2D eigenvalue weighted by molar-refractivity contribution is 7.11. The lowest BCUT2D eigenvalue weighted by atomic mass is 10.1. The van der Waals surface area contributed by atoms with Crippen molar-refractivity contribution in [2.45, 2.75) is 20.8 Å². The fourth-order valence-electron chi connectivity index (χ4n) is 1.59. The van der Waals surface area contributed by atoms with E-state index in [0.717, 1.165) is 16.9 Å². The van der Waals surface area contributed by atoms with Crippen LogP contribution in [0.1, 0.15) is 26.6 Å². The Hall–Kier alpha value is -1.68. The van der Waals surface area contributed by atoms with Crippen LogP contribution >= 0.6 is 11.3 Å². The van der Waals surface area contributed by atoms with Crippen molar-refractivity contribution in [1.29, 1.82) is 0 Å². The van der Waals surface area contributed by atoms with Crippen molar-refractivity contribution in [1.82, 2.24) is 4.98 Å². The summed E-state index contributed by atoms with van der Waals surface area (Å²) in [5.74, 6) is -0.143. The van der Waals surface area contributed by atoms with Gasteiger partial charge in [-0.25, -0.2) is 4.98 Å². The molecule has 2 rings (SSSR count). The Balaban J connectivity index is 2.18. The number of thiazole rings is 1. The van der Waals surface area contributed by atoms with E-state index in [4.69, 9.17) is 0 Å². The van der Waals surface area contributed by atoms with Gasteiger partial charge in [0.25, 0.3) is 5.91 Å². The highest BCUT2D eigenvalue weighted by Gasteiger charge is 2.11. The summed E-state index contributed by atoms with van der Waals surface area (Å²) in [6, 6.07) is 5.95. The fourth-order valence-corrected chi connectivity index (χ4v) is 2.28. The van der Waals surface area contributed by atoms with E-state index in [2.05, 4.69) is 10.3 Å². The van der Waals surface area contributed by atoms with E-state index in [1.165, 1.54) is 16.9 Å². The molecule has 0 saturated carbocycles. The summed E-state index contributed by atoms with van der Waals surface area (Å²) in [5.41, 5.74) is 3.96. The van der Waals surface area contributed by atoms with E-state index in [-0.39, 0.29) is 5.91 Å². The molecule has 0 unspecified atom stereocenters. The molecule has 1 amide bonds. The third kappa shape index (κ3) is 2.71. The van der Waals surface area contributed by atoms with Crippen LogP contribution in [0.3, 0.4) is 0 Å². The first kappa shape index (κ1) is 11.8. The van der Waals surface area contributed by atoms with Crippen LogP contribution in [0.2, 0.25) is 0 Å². The number of nitrogens with one attached hydrogen (secondary N) is 1. The minimum atomic E-state index is -0.143. The molecule has 88 valence electrons. The van der Waals surface area contributed by atoms with Gasteiger partial charge in [-0.05, 0) is 32.4 Å². The Labute approximate surface area is 105 Å². The highest BCUT2D eigenvalue weighted by Crippen LogP contribution is 2.18. The van der Waals surface area contributed by atoms with Gasteiger partial charge in [0.2, 0.25) is 0 Å². The lowest BCUT2D eigenvalue weighted by molar-refractivity contribution is 0.102. The Morgan fingerprint density at radius 1 is 1.29 bits per heavy atom. The predicted octanol–water partition coefficient (Wildman–Crippen LogP) is 3.32. The van der Waals surface area contributed by atoms with Crippen LogP contribution in [0.5, 0.6) is 0 Å². The van der Waals surface area contributed by atoms with E-state index < -0.39 is 0 Å². The second-order valence-electron chi connectivity index (χ2n) is 4.07. The quantitative estimate of drug-likeness (QED) is 0.883. The van der Waals surface area contributed by atoms with Crippen LogP contribution < -0.4 is 5.32 Å². The molecule has 1 aromatic heterocycles. The zero-order chi connectivity index (χ0) is 12.4. The van der Waals surface area contributed by atoms with Crippen LogP contribution in [0.4, 0.5) is 5.69 Å². The molecule has 0 spiro atoms. The Morgan fingerprint density at radius 2 is 2.06 bits per heavy atom.